The topological polar surface area (TPSA) is 32.9 Å². The van der Waals surface area contributed by atoms with Gasteiger partial charge in [-0.15, -0.1) is 0 Å². The molecule has 1 aromatic heterocycles. The number of benzene rings is 1. The van der Waals surface area contributed by atoms with Crippen LogP contribution in [0.25, 0.3) is 10.9 Å². The van der Waals surface area contributed by atoms with Crippen molar-refractivity contribution in [1.82, 2.24) is 4.98 Å². The van der Waals surface area contributed by atoms with Gasteiger partial charge in [-0.3, -0.25) is 4.79 Å². The monoisotopic (exact) mass is 279 g/mol. The van der Waals surface area contributed by atoms with Crippen LogP contribution in [0.2, 0.25) is 0 Å². The number of hydrogen-bond donors (Lipinski definition) is 1. The molecule has 21 heavy (non-hydrogen) atoms. The van der Waals surface area contributed by atoms with E-state index >= 15 is 0 Å². The van der Waals surface area contributed by atoms with E-state index in [0.717, 1.165) is 28.7 Å². The molecule has 6 rings (SSSR count). The van der Waals surface area contributed by atoms with E-state index < -0.39 is 0 Å². The van der Waals surface area contributed by atoms with Crippen molar-refractivity contribution in [2.45, 2.75) is 43.9 Å². The highest BCUT2D eigenvalue weighted by atomic mass is 16.1. The van der Waals surface area contributed by atoms with E-state index in [9.17, 15) is 4.79 Å². The number of aromatic amines is 1. The summed E-state index contributed by atoms with van der Waals surface area (Å²) in [4.78, 5) is 16.1. The average molecular weight is 279 g/mol. The van der Waals surface area contributed by atoms with Gasteiger partial charge in [0.1, 0.15) is 0 Å². The van der Waals surface area contributed by atoms with Crippen molar-refractivity contribution in [2.75, 3.05) is 0 Å². The summed E-state index contributed by atoms with van der Waals surface area (Å²) < 4.78 is 0. The van der Waals surface area contributed by atoms with Crippen LogP contribution in [-0.4, -0.2) is 4.98 Å². The Bertz CT molecular complexity index is 737. The standard InChI is InChI=1S/C19H21NO/c21-17-8-18(20-16-4-2-1-3-15(16)17)19-9-12-5-13(10-19)7-14(6-12)11-19/h1-4,8,12-14H,5-7,9-11H2,(H,20,21). The molecule has 1 N–H and O–H groups in total. The van der Waals surface area contributed by atoms with E-state index in [1.807, 2.05) is 30.3 Å². The molecular weight excluding hydrogens is 258 g/mol. The zero-order valence-corrected chi connectivity index (χ0v) is 12.3. The van der Waals surface area contributed by atoms with Gasteiger partial charge in [0.15, 0.2) is 5.43 Å². The zero-order chi connectivity index (χ0) is 14.0. The second-order valence-electron chi connectivity index (χ2n) is 7.79. The maximum Gasteiger partial charge on any atom is 0.189 e. The van der Waals surface area contributed by atoms with Gasteiger partial charge in [-0.05, 0) is 68.4 Å². The molecule has 108 valence electrons. The van der Waals surface area contributed by atoms with Crippen LogP contribution in [0.3, 0.4) is 0 Å². The zero-order valence-electron chi connectivity index (χ0n) is 12.3. The summed E-state index contributed by atoms with van der Waals surface area (Å²) in [5.41, 5.74) is 2.70. The van der Waals surface area contributed by atoms with E-state index in [2.05, 4.69) is 4.98 Å². The third kappa shape index (κ3) is 1.68. The maximum atomic E-state index is 12.5. The Kier molecular flexibility index (Phi) is 2.29. The van der Waals surface area contributed by atoms with Crippen LogP contribution in [0.4, 0.5) is 0 Å². The van der Waals surface area contributed by atoms with Gasteiger partial charge >= 0.3 is 0 Å². The van der Waals surface area contributed by atoms with Crippen LogP contribution in [-0.2, 0) is 5.41 Å². The highest BCUT2D eigenvalue weighted by Gasteiger charge is 2.52. The lowest BCUT2D eigenvalue weighted by atomic mass is 9.49. The van der Waals surface area contributed by atoms with Crippen LogP contribution >= 0.6 is 0 Å². The van der Waals surface area contributed by atoms with E-state index in [0.29, 0.717) is 0 Å². The van der Waals surface area contributed by atoms with Crippen molar-refractivity contribution in [3.05, 3.63) is 46.2 Å². The van der Waals surface area contributed by atoms with Crippen molar-refractivity contribution in [3.63, 3.8) is 0 Å². The summed E-state index contributed by atoms with van der Waals surface area (Å²) in [5.74, 6) is 2.73. The summed E-state index contributed by atoms with van der Waals surface area (Å²) in [7, 11) is 0. The average Bonchev–Trinajstić information content (AvgIpc) is 2.46. The third-order valence-electron chi connectivity index (χ3n) is 6.35. The number of rotatable bonds is 1. The SMILES string of the molecule is O=c1cc(C23CC4CC(CC(C4)C2)C3)[nH]c2ccccc12. The van der Waals surface area contributed by atoms with Gasteiger partial charge in [-0.1, -0.05) is 12.1 Å². The fourth-order valence-corrected chi connectivity index (χ4v) is 5.92. The number of nitrogens with one attached hydrogen (secondary N) is 1. The van der Waals surface area contributed by atoms with Gasteiger partial charge in [0.05, 0.1) is 0 Å². The van der Waals surface area contributed by atoms with Crippen LogP contribution in [0.15, 0.2) is 35.1 Å². The minimum atomic E-state index is 0.190. The number of hydrogen-bond acceptors (Lipinski definition) is 1. The Morgan fingerprint density at radius 1 is 0.952 bits per heavy atom. The van der Waals surface area contributed by atoms with E-state index in [1.54, 1.807) is 0 Å². The van der Waals surface area contributed by atoms with E-state index in [-0.39, 0.29) is 10.8 Å². The first-order valence-corrected chi connectivity index (χ1v) is 8.34. The van der Waals surface area contributed by atoms with Crippen molar-refractivity contribution < 1.29 is 0 Å². The lowest BCUT2D eigenvalue weighted by Gasteiger charge is -2.56. The number of aromatic nitrogens is 1. The van der Waals surface area contributed by atoms with Crippen molar-refractivity contribution >= 4 is 10.9 Å². The van der Waals surface area contributed by atoms with Crippen LogP contribution in [0, 0.1) is 17.8 Å². The smallest absolute Gasteiger partial charge is 0.189 e. The van der Waals surface area contributed by atoms with Crippen molar-refractivity contribution in [2.24, 2.45) is 17.8 Å². The minimum absolute atomic E-state index is 0.190. The number of para-hydroxylation sites is 1. The first-order chi connectivity index (χ1) is 10.2. The van der Waals surface area contributed by atoms with E-state index in [1.165, 1.54) is 44.2 Å². The number of fused-ring (bicyclic) bond motifs is 1. The summed E-state index contributed by atoms with van der Waals surface area (Å²) in [6, 6.07) is 9.84. The molecule has 1 aromatic carbocycles. The molecule has 1 heterocycles. The molecular formula is C19H21NO. The number of pyridine rings is 1. The molecule has 2 heteroatoms. The molecule has 4 fully saturated rings. The highest BCUT2D eigenvalue weighted by molar-refractivity contribution is 5.78. The van der Waals surface area contributed by atoms with Crippen LogP contribution < -0.4 is 5.43 Å². The van der Waals surface area contributed by atoms with Gasteiger partial charge in [0.25, 0.3) is 0 Å². The fourth-order valence-electron chi connectivity index (χ4n) is 5.92. The van der Waals surface area contributed by atoms with Crippen molar-refractivity contribution in [3.8, 4) is 0 Å². The normalized spacial score (nSPS) is 37.2. The maximum absolute atomic E-state index is 12.5. The molecule has 4 aliphatic rings. The Labute approximate surface area is 124 Å². The Morgan fingerprint density at radius 3 is 2.24 bits per heavy atom. The summed E-state index contributed by atoms with van der Waals surface area (Å²) in [6.07, 6.45) is 8.22. The molecule has 2 aromatic rings. The van der Waals surface area contributed by atoms with Crippen LogP contribution in [0.1, 0.15) is 44.2 Å². The molecule has 2 nitrogen and oxygen atoms in total. The van der Waals surface area contributed by atoms with E-state index in [4.69, 9.17) is 0 Å². The summed E-state index contributed by atoms with van der Waals surface area (Å²) >= 11 is 0. The molecule has 0 radical (unpaired) electrons. The number of H-pyrrole nitrogens is 1. The Hall–Kier alpha value is -1.57. The second kappa shape index (κ2) is 4.00. The molecule has 4 aliphatic carbocycles. The summed E-state index contributed by atoms with van der Waals surface area (Å²) in [5, 5.41) is 0.825. The molecule has 0 spiro atoms. The second-order valence-corrected chi connectivity index (χ2v) is 7.79. The molecule has 0 unspecified atom stereocenters. The third-order valence-corrected chi connectivity index (χ3v) is 6.35. The van der Waals surface area contributed by atoms with Crippen molar-refractivity contribution in [1.29, 1.82) is 0 Å². The first kappa shape index (κ1) is 12.0. The van der Waals surface area contributed by atoms with Crippen LogP contribution in [0.5, 0.6) is 0 Å². The largest absolute Gasteiger partial charge is 0.358 e. The lowest BCUT2D eigenvalue weighted by Crippen LogP contribution is -2.49. The minimum Gasteiger partial charge on any atom is -0.358 e. The Morgan fingerprint density at radius 2 is 1.57 bits per heavy atom. The van der Waals surface area contributed by atoms with Gasteiger partial charge in [-0.2, -0.15) is 0 Å². The molecule has 0 aliphatic heterocycles. The van der Waals surface area contributed by atoms with Gasteiger partial charge in [-0.25, -0.2) is 0 Å². The molecule has 4 saturated carbocycles. The molecule has 4 bridgehead atoms. The lowest BCUT2D eigenvalue weighted by molar-refractivity contribution is -0.00709. The molecule has 0 saturated heterocycles. The fraction of sp³-hybridized carbons (Fsp3) is 0.526. The Balaban J connectivity index is 1.69. The van der Waals surface area contributed by atoms with Gasteiger partial charge < -0.3 is 4.98 Å². The highest BCUT2D eigenvalue weighted by Crippen LogP contribution is 2.60. The van der Waals surface area contributed by atoms with Gasteiger partial charge in [0.2, 0.25) is 0 Å². The predicted molar refractivity (Wildman–Crippen MR) is 84.4 cm³/mol. The molecule has 0 amide bonds. The first-order valence-electron chi connectivity index (χ1n) is 8.34. The quantitative estimate of drug-likeness (QED) is 0.841. The summed E-state index contributed by atoms with van der Waals surface area (Å²) in [6.45, 7) is 0. The predicted octanol–water partition coefficient (Wildman–Crippen LogP) is 4.00. The van der Waals surface area contributed by atoms with Gasteiger partial charge in [0, 0.05) is 28.1 Å². The molecule has 0 atom stereocenters.